The van der Waals surface area contributed by atoms with Crippen LogP contribution in [-0.4, -0.2) is 20.3 Å². The third-order valence-corrected chi connectivity index (χ3v) is 3.36. The number of halogens is 1. The Hall–Kier alpha value is -0.930. The van der Waals surface area contributed by atoms with Gasteiger partial charge in [0.1, 0.15) is 0 Å². The molecule has 0 aliphatic carbocycles. The van der Waals surface area contributed by atoms with Gasteiger partial charge in [0, 0.05) is 17.6 Å². The van der Waals surface area contributed by atoms with E-state index in [1.54, 1.807) is 7.11 Å². The van der Waals surface area contributed by atoms with Crippen molar-refractivity contribution < 1.29 is 9.47 Å². The van der Waals surface area contributed by atoms with Crippen molar-refractivity contribution in [2.45, 2.75) is 40.2 Å². The highest BCUT2D eigenvalue weighted by Gasteiger charge is 2.10. The molecule has 0 amide bonds. The van der Waals surface area contributed by atoms with E-state index >= 15 is 0 Å². The van der Waals surface area contributed by atoms with E-state index in [9.17, 15) is 0 Å². The molecule has 0 aromatic heterocycles. The molecule has 114 valence electrons. The standard InChI is InChI=1S/C16H26ClNO2/c1-5-8-20-16-10-14(17)13(9-15(16)19-4)11-18-7-6-12(2)3/h9-10,12,18H,5-8,11H2,1-4H3. The number of nitrogens with one attached hydrogen (secondary N) is 1. The second kappa shape index (κ2) is 9.09. The Balaban J connectivity index is 2.67. The summed E-state index contributed by atoms with van der Waals surface area (Å²) in [6.45, 7) is 8.91. The summed E-state index contributed by atoms with van der Waals surface area (Å²) in [6, 6.07) is 3.80. The van der Waals surface area contributed by atoms with E-state index in [1.807, 2.05) is 12.1 Å². The van der Waals surface area contributed by atoms with Gasteiger partial charge in [-0.3, -0.25) is 0 Å². The number of benzene rings is 1. The van der Waals surface area contributed by atoms with Crippen LogP contribution in [0, 0.1) is 5.92 Å². The van der Waals surface area contributed by atoms with Gasteiger partial charge in [-0.25, -0.2) is 0 Å². The van der Waals surface area contributed by atoms with Crippen molar-refractivity contribution in [2.75, 3.05) is 20.3 Å². The van der Waals surface area contributed by atoms with Gasteiger partial charge in [-0.2, -0.15) is 0 Å². The van der Waals surface area contributed by atoms with Crippen LogP contribution < -0.4 is 14.8 Å². The summed E-state index contributed by atoms with van der Waals surface area (Å²) < 4.78 is 11.0. The number of hydrogen-bond acceptors (Lipinski definition) is 3. The fraction of sp³-hybridized carbons (Fsp3) is 0.625. The number of hydrogen-bond donors (Lipinski definition) is 1. The van der Waals surface area contributed by atoms with Gasteiger partial charge in [0.15, 0.2) is 11.5 Å². The van der Waals surface area contributed by atoms with Crippen LogP contribution in [0.25, 0.3) is 0 Å². The first-order valence-corrected chi connectivity index (χ1v) is 7.66. The molecule has 0 fully saturated rings. The van der Waals surface area contributed by atoms with Gasteiger partial charge in [0.2, 0.25) is 0 Å². The first-order valence-electron chi connectivity index (χ1n) is 7.28. The van der Waals surface area contributed by atoms with Crippen LogP contribution >= 0.6 is 11.6 Å². The Morgan fingerprint density at radius 1 is 1.25 bits per heavy atom. The highest BCUT2D eigenvalue weighted by molar-refractivity contribution is 6.31. The van der Waals surface area contributed by atoms with Gasteiger partial charge < -0.3 is 14.8 Å². The lowest BCUT2D eigenvalue weighted by molar-refractivity contribution is 0.294. The van der Waals surface area contributed by atoms with Crippen LogP contribution in [0.5, 0.6) is 11.5 Å². The van der Waals surface area contributed by atoms with Gasteiger partial charge in [0.25, 0.3) is 0 Å². The van der Waals surface area contributed by atoms with E-state index in [-0.39, 0.29) is 0 Å². The molecule has 0 atom stereocenters. The summed E-state index contributed by atoms with van der Waals surface area (Å²) in [5, 5.41) is 4.12. The number of ether oxygens (including phenoxy) is 2. The van der Waals surface area contributed by atoms with Crippen LogP contribution in [0.3, 0.4) is 0 Å². The largest absolute Gasteiger partial charge is 0.493 e. The van der Waals surface area contributed by atoms with Crippen molar-refractivity contribution in [3.05, 3.63) is 22.7 Å². The Morgan fingerprint density at radius 2 is 2.00 bits per heavy atom. The van der Waals surface area contributed by atoms with E-state index in [0.717, 1.165) is 37.2 Å². The van der Waals surface area contributed by atoms with Crippen molar-refractivity contribution >= 4 is 11.6 Å². The minimum Gasteiger partial charge on any atom is -0.493 e. The Bertz CT molecular complexity index is 408. The number of rotatable bonds is 9. The van der Waals surface area contributed by atoms with Crippen LogP contribution in [-0.2, 0) is 6.54 Å². The molecular formula is C16H26ClNO2. The van der Waals surface area contributed by atoms with Gasteiger partial charge in [-0.1, -0.05) is 32.4 Å². The molecule has 0 heterocycles. The molecule has 0 saturated heterocycles. The average molecular weight is 300 g/mol. The van der Waals surface area contributed by atoms with Crippen LogP contribution in [0.15, 0.2) is 12.1 Å². The molecule has 1 aromatic carbocycles. The lowest BCUT2D eigenvalue weighted by Crippen LogP contribution is -2.16. The molecular weight excluding hydrogens is 274 g/mol. The third kappa shape index (κ3) is 5.59. The first kappa shape index (κ1) is 17.1. The highest BCUT2D eigenvalue weighted by Crippen LogP contribution is 2.33. The molecule has 0 unspecified atom stereocenters. The van der Waals surface area contributed by atoms with Crippen molar-refractivity contribution in [3.8, 4) is 11.5 Å². The minimum atomic E-state index is 0.665. The first-order chi connectivity index (χ1) is 9.58. The van der Waals surface area contributed by atoms with E-state index in [0.29, 0.717) is 23.3 Å². The summed E-state index contributed by atoms with van der Waals surface area (Å²) >= 11 is 6.30. The molecule has 1 N–H and O–H groups in total. The van der Waals surface area contributed by atoms with Crippen molar-refractivity contribution in [1.29, 1.82) is 0 Å². The van der Waals surface area contributed by atoms with E-state index < -0.39 is 0 Å². The molecule has 0 aliphatic heterocycles. The van der Waals surface area contributed by atoms with Gasteiger partial charge in [0.05, 0.1) is 13.7 Å². The van der Waals surface area contributed by atoms with Crippen LogP contribution in [0.4, 0.5) is 0 Å². The van der Waals surface area contributed by atoms with Gasteiger partial charge in [-0.05, 0) is 36.9 Å². The summed E-state index contributed by atoms with van der Waals surface area (Å²) in [4.78, 5) is 0. The second-order valence-electron chi connectivity index (χ2n) is 5.30. The van der Waals surface area contributed by atoms with Crippen molar-refractivity contribution in [3.63, 3.8) is 0 Å². The minimum absolute atomic E-state index is 0.665. The summed E-state index contributed by atoms with van der Waals surface area (Å²) in [6.07, 6.45) is 2.12. The maximum Gasteiger partial charge on any atom is 0.162 e. The maximum atomic E-state index is 6.30. The SMILES string of the molecule is CCCOc1cc(Cl)c(CNCCC(C)C)cc1OC. The predicted octanol–water partition coefficient (Wildman–Crippen LogP) is 4.27. The topological polar surface area (TPSA) is 30.5 Å². The zero-order chi connectivity index (χ0) is 15.0. The van der Waals surface area contributed by atoms with Crippen LogP contribution in [0.2, 0.25) is 5.02 Å². The van der Waals surface area contributed by atoms with E-state index in [2.05, 4.69) is 26.1 Å². The number of methoxy groups -OCH3 is 1. The molecule has 0 bridgehead atoms. The monoisotopic (exact) mass is 299 g/mol. The average Bonchev–Trinajstić information content (AvgIpc) is 2.42. The summed E-state index contributed by atoms with van der Waals surface area (Å²) in [5.41, 5.74) is 1.04. The normalized spacial score (nSPS) is 10.9. The quantitative estimate of drug-likeness (QED) is 0.691. The summed E-state index contributed by atoms with van der Waals surface area (Å²) in [5.74, 6) is 2.16. The molecule has 20 heavy (non-hydrogen) atoms. The van der Waals surface area contributed by atoms with Crippen LogP contribution in [0.1, 0.15) is 39.2 Å². The smallest absolute Gasteiger partial charge is 0.162 e. The maximum absolute atomic E-state index is 6.30. The summed E-state index contributed by atoms with van der Waals surface area (Å²) in [7, 11) is 1.65. The predicted molar refractivity (Wildman–Crippen MR) is 85.0 cm³/mol. The molecule has 0 spiro atoms. The Labute approximate surface area is 127 Å². The molecule has 1 rings (SSSR count). The van der Waals surface area contributed by atoms with E-state index in [1.165, 1.54) is 0 Å². The highest BCUT2D eigenvalue weighted by atomic mass is 35.5. The van der Waals surface area contributed by atoms with Gasteiger partial charge in [-0.15, -0.1) is 0 Å². The fourth-order valence-electron chi connectivity index (χ4n) is 1.81. The zero-order valence-electron chi connectivity index (χ0n) is 13.0. The van der Waals surface area contributed by atoms with Gasteiger partial charge >= 0.3 is 0 Å². The fourth-order valence-corrected chi connectivity index (χ4v) is 2.03. The molecule has 3 nitrogen and oxygen atoms in total. The Kier molecular flexibility index (Phi) is 7.78. The molecule has 0 aliphatic rings. The molecule has 0 saturated carbocycles. The lowest BCUT2D eigenvalue weighted by Gasteiger charge is -2.14. The molecule has 0 radical (unpaired) electrons. The Morgan fingerprint density at radius 3 is 2.60 bits per heavy atom. The lowest BCUT2D eigenvalue weighted by atomic mass is 10.1. The van der Waals surface area contributed by atoms with Crippen molar-refractivity contribution in [1.82, 2.24) is 5.32 Å². The molecule has 1 aromatic rings. The third-order valence-electron chi connectivity index (χ3n) is 3.01. The van der Waals surface area contributed by atoms with E-state index in [4.69, 9.17) is 21.1 Å². The van der Waals surface area contributed by atoms with Crippen molar-refractivity contribution in [2.24, 2.45) is 5.92 Å². The second-order valence-corrected chi connectivity index (χ2v) is 5.71. The zero-order valence-corrected chi connectivity index (χ0v) is 13.7. The molecule has 4 heteroatoms.